The van der Waals surface area contributed by atoms with Gasteiger partial charge in [0.2, 0.25) is 5.82 Å². The molecule has 0 aliphatic rings. The van der Waals surface area contributed by atoms with Gasteiger partial charge in [-0.25, -0.2) is 4.39 Å². The quantitative estimate of drug-likeness (QED) is 0.761. The maximum absolute atomic E-state index is 12.8. The van der Waals surface area contributed by atoms with Gasteiger partial charge in [0, 0.05) is 0 Å². The van der Waals surface area contributed by atoms with Gasteiger partial charge in [-0.1, -0.05) is 6.07 Å². The molecule has 0 saturated carbocycles. The number of hydrogen-bond acceptors (Lipinski definition) is 2. The molecule has 2 N–H and O–H groups in total. The number of ether oxygens (including phenoxy) is 1. The van der Waals surface area contributed by atoms with E-state index in [4.69, 9.17) is 5.73 Å². The average Bonchev–Trinajstić information content (AvgIpc) is 2.07. The number of amides is 1. The maximum Gasteiger partial charge on any atom is 0.255 e. The van der Waals surface area contributed by atoms with Crippen LogP contribution in [0.2, 0.25) is 0 Å². The van der Waals surface area contributed by atoms with Gasteiger partial charge in [-0.3, -0.25) is 4.79 Å². The largest absolute Gasteiger partial charge is 0.481 e. The molecule has 0 aromatic heterocycles. The Hall–Kier alpha value is -1.65. The molecule has 5 heteroatoms. The number of carbonyl (C=O) groups excluding carboxylic acids is 1. The van der Waals surface area contributed by atoms with Crippen molar-refractivity contribution in [3.8, 4) is 5.75 Å². The summed E-state index contributed by atoms with van der Waals surface area (Å²) in [5.74, 6) is -3.21. The van der Waals surface area contributed by atoms with Gasteiger partial charge in [-0.15, -0.1) is 0 Å². The number of carbonyl (C=O) groups is 1. The van der Waals surface area contributed by atoms with E-state index >= 15 is 0 Å². The van der Waals surface area contributed by atoms with Crippen molar-refractivity contribution in [1.29, 1.82) is 0 Å². The highest BCUT2D eigenvalue weighted by Gasteiger charge is 2.08. The Balaban J connectivity index is 2.77. The Morgan fingerprint density at radius 1 is 1.46 bits per heavy atom. The molecule has 0 bridgehead atoms. The van der Waals surface area contributed by atoms with E-state index < -0.39 is 24.1 Å². The molecule has 13 heavy (non-hydrogen) atoms. The molecule has 0 aliphatic carbocycles. The van der Waals surface area contributed by atoms with Crippen LogP contribution in [0, 0.1) is 11.6 Å². The molecule has 70 valence electrons. The molecular weight excluding hydrogens is 180 g/mol. The van der Waals surface area contributed by atoms with Crippen molar-refractivity contribution in [3.63, 3.8) is 0 Å². The first-order chi connectivity index (χ1) is 6.11. The predicted octanol–water partition coefficient (Wildman–Crippen LogP) is 0.829. The lowest BCUT2D eigenvalue weighted by atomic mass is 10.3. The van der Waals surface area contributed by atoms with Gasteiger partial charge in [0.25, 0.3) is 5.91 Å². The van der Waals surface area contributed by atoms with Gasteiger partial charge in [-0.2, -0.15) is 4.39 Å². The van der Waals surface area contributed by atoms with E-state index in [9.17, 15) is 13.6 Å². The summed E-state index contributed by atoms with van der Waals surface area (Å²) in [6.45, 7) is -0.472. The molecular formula is C8H7F2NO2. The molecule has 0 aliphatic heterocycles. The van der Waals surface area contributed by atoms with Crippen molar-refractivity contribution >= 4 is 5.91 Å². The third-order valence-electron chi connectivity index (χ3n) is 1.29. The number of halogens is 2. The van der Waals surface area contributed by atoms with Crippen molar-refractivity contribution in [2.75, 3.05) is 6.61 Å². The van der Waals surface area contributed by atoms with E-state index in [-0.39, 0.29) is 5.75 Å². The highest BCUT2D eigenvalue weighted by Crippen LogP contribution is 2.18. The lowest BCUT2D eigenvalue weighted by Crippen LogP contribution is -2.20. The van der Waals surface area contributed by atoms with E-state index in [2.05, 4.69) is 4.74 Å². The van der Waals surface area contributed by atoms with Crippen LogP contribution in [0.3, 0.4) is 0 Å². The van der Waals surface area contributed by atoms with Crippen LogP contribution in [0.4, 0.5) is 8.78 Å². The topological polar surface area (TPSA) is 52.3 Å². The SMILES string of the molecule is NC(=O)COc1cccc(F)c1F. The van der Waals surface area contributed by atoms with Crippen LogP contribution >= 0.6 is 0 Å². The minimum Gasteiger partial charge on any atom is -0.481 e. The van der Waals surface area contributed by atoms with Gasteiger partial charge in [0.1, 0.15) is 0 Å². The van der Waals surface area contributed by atoms with Crippen molar-refractivity contribution in [1.82, 2.24) is 0 Å². The molecule has 0 atom stereocenters. The van der Waals surface area contributed by atoms with Crippen LogP contribution < -0.4 is 10.5 Å². The van der Waals surface area contributed by atoms with Crippen molar-refractivity contribution in [2.24, 2.45) is 5.73 Å². The van der Waals surface area contributed by atoms with Gasteiger partial charge < -0.3 is 10.5 Å². The Labute approximate surface area is 73.1 Å². The molecule has 0 radical (unpaired) electrons. The highest BCUT2D eigenvalue weighted by atomic mass is 19.2. The van der Waals surface area contributed by atoms with Gasteiger partial charge >= 0.3 is 0 Å². The molecule has 1 amide bonds. The van der Waals surface area contributed by atoms with Crippen molar-refractivity contribution in [2.45, 2.75) is 0 Å². The van der Waals surface area contributed by atoms with Crippen molar-refractivity contribution in [3.05, 3.63) is 29.8 Å². The summed E-state index contributed by atoms with van der Waals surface area (Å²) in [4.78, 5) is 10.2. The Morgan fingerprint density at radius 3 is 2.77 bits per heavy atom. The summed E-state index contributed by atoms with van der Waals surface area (Å²) in [6, 6.07) is 3.43. The van der Waals surface area contributed by atoms with Crippen LogP contribution in [0.25, 0.3) is 0 Å². The first-order valence-corrected chi connectivity index (χ1v) is 3.46. The standard InChI is InChI=1S/C8H7F2NO2/c9-5-2-1-3-6(8(5)10)13-4-7(11)12/h1-3H,4H2,(H2,11,12). The van der Waals surface area contributed by atoms with E-state index in [0.717, 1.165) is 6.07 Å². The molecule has 0 spiro atoms. The third-order valence-corrected chi connectivity index (χ3v) is 1.29. The molecule has 1 aromatic rings. The fourth-order valence-corrected chi connectivity index (χ4v) is 0.744. The van der Waals surface area contributed by atoms with Crippen LogP contribution in [0.5, 0.6) is 5.75 Å². The maximum atomic E-state index is 12.8. The van der Waals surface area contributed by atoms with E-state index in [1.807, 2.05) is 0 Å². The van der Waals surface area contributed by atoms with Crippen LogP contribution in [0.15, 0.2) is 18.2 Å². The molecule has 3 nitrogen and oxygen atoms in total. The summed E-state index contributed by atoms with van der Waals surface area (Å²) in [6.07, 6.45) is 0. The fraction of sp³-hybridized carbons (Fsp3) is 0.125. The zero-order valence-electron chi connectivity index (χ0n) is 6.59. The second-order valence-corrected chi connectivity index (χ2v) is 2.31. The second kappa shape index (κ2) is 3.84. The summed E-state index contributed by atoms with van der Waals surface area (Å²) < 4.78 is 29.9. The Kier molecular flexibility index (Phi) is 2.79. The average molecular weight is 187 g/mol. The third kappa shape index (κ3) is 2.40. The van der Waals surface area contributed by atoms with Gasteiger partial charge in [-0.05, 0) is 12.1 Å². The Bertz CT molecular complexity index is 328. The predicted molar refractivity (Wildman–Crippen MR) is 41.0 cm³/mol. The fourth-order valence-electron chi connectivity index (χ4n) is 0.744. The normalized spacial score (nSPS) is 9.69. The second-order valence-electron chi connectivity index (χ2n) is 2.31. The Morgan fingerprint density at radius 2 is 2.15 bits per heavy atom. The lowest BCUT2D eigenvalue weighted by Gasteiger charge is -2.04. The molecule has 0 unspecified atom stereocenters. The van der Waals surface area contributed by atoms with Gasteiger partial charge in [0.15, 0.2) is 18.2 Å². The van der Waals surface area contributed by atoms with Crippen molar-refractivity contribution < 1.29 is 18.3 Å². The molecule has 0 saturated heterocycles. The first-order valence-electron chi connectivity index (χ1n) is 3.46. The molecule has 1 rings (SSSR count). The number of rotatable bonds is 3. The number of primary amides is 1. The van der Waals surface area contributed by atoms with Gasteiger partial charge in [0.05, 0.1) is 0 Å². The lowest BCUT2D eigenvalue weighted by molar-refractivity contribution is -0.120. The van der Waals surface area contributed by atoms with Crippen LogP contribution in [-0.2, 0) is 4.79 Å². The summed E-state index contributed by atoms with van der Waals surface area (Å²) in [5, 5.41) is 0. The van der Waals surface area contributed by atoms with E-state index in [1.165, 1.54) is 12.1 Å². The minimum absolute atomic E-state index is 0.321. The summed E-state index contributed by atoms with van der Waals surface area (Å²) >= 11 is 0. The molecule has 0 heterocycles. The zero-order chi connectivity index (χ0) is 9.84. The zero-order valence-corrected chi connectivity index (χ0v) is 6.59. The minimum atomic E-state index is -1.12. The number of benzene rings is 1. The first kappa shape index (κ1) is 9.44. The summed E-state index contributed by atoms with van der Waals surface area (Å²) in [5.41, 5.74) is 4.75. The smallest absolute Gasteiger partial charge is 0.255 e. The van der Waals surface area contributed by atoms with Crippen LogP contribution in [-0.4, -0.2) is 12.5 Å². The highest BCUT2D eigenvalue weighted by molar-refractivity contribution is 5.75. The van der Waals surface area contributed by atoms with E-state index in [1.54, 1.807) is 0 Å². The molecule has 0 fully saturated rings. The van der Waals surface area contributed by atoms with E-state index in [0.29, 0.717) is 0 Å². The monoisotopic (exact) mass is 187 g/mol. The van der Waals surface area contributed by atoms with Crippen LogP contribution in [0.1, 0.15) is 0 Å². The number of nitrogens with two attached hydrogens (primary N) is 1. The molecule has 1 aromatic carbocycles. The summed E-state index contributed by atoms with van der Waals surface area (Å²) in [7, 11) is 0. The number of hydrogen-bond donors (Lipinski definition) is 1.